The molecule has 4 aromatic carbocycles. The molecule has 0 unspecified atom stereocenters. The summed E-state index contributed by atoms with van der Waals surface area (Å²) in [5, 5.41) is 23.3. The Hall–Kier alpha value is -4.65. The van der Waals surface area contributed by atoms with Crippen LogP contribution in [0.4, 0.5) is 5.69 Å². The van der Waals surface area contributed by atoms with E-state index in [2.05, 4.69) is 5.10 Å². The second-order valence-electron chi connectivity index (χ2n) is 8.81. The maximum Gasteiger partial charge on any atom is 0.281 e. The molecule has 0 spiro atoms. The van der Waals surface area contributed by atoms with Crippen molar-refractivity contribution in [3.05, 3.63) is 136 Å². The highest BCUT2D eigenvalue weighted by Crippen LogP contribution is 2.36. The van der Waals surface area contributed by atoms with Crippen molar-refractivity contribution in [3.8, 4) is 22.8 Å². The Morgan fingerprint density at radius 2 is 1.23 bits per heavy atom. The summed E-state index contributed by atoms with van der Waals surface area (Å²) in [7, 11) is 0. The molecule has 0 atom stereocenters. The maximum absolute atomic E-state index is 13.8. The largest absolute Gasteiger partial charge is 0.493 e. The number of nitrogens with zero attached hydrogens (tertiary/aromatic N) is 4. The Bertz CT molecular complexity index is 1730. The summed E-state index contributed by atoms with van der Waals surface area (Å²) < 4.78 is 1.43. The number of rotatable bonds is 5. The van der Waals surface area contributed by atoms with E-state index in [0.717, 1.165) is 11.1 Å². The molecule has 0 fully saturated rings. The van der Waals surface area contributed by atoms with Gasteiger partial charge < -0.3 is 5.11 Å². The summed E-state index contributed by atoms with van der Waals surface area (Å²) in [4.78, 5) is 13.8. The Labute approximate surface area is 234 Å². The monoisotopic (exact) mass is 550 g/mol. The zero-order chi connectivity index (χ0) is 26.9. The fraction of sp³-hybridized carbons (Fsp3) is 0. The van der Waals surface area contributed by atoms with Crippen molar-refractivity contribution in [3.63, 3.8) is 0 Å². The number of hydrogen-bond acceptors (Lipinski definition) is 4. The Kier molecular flexibility index (Phi) is 6.49. The molecule has 2 heterocycles. The predicted molar refractivity (Wildman–Crippen MR) is 156 cm³/mol. The Morgan fingerprint density at radius 1 is 0.692 bits per heavy atom. The normalized spacial score (nSPS) is 14.2. The lowest BCUT2D eigenvalue weighted by Crippen LogP contribution is -2.21. The lowest BCUT2D eigenvalue weighted by Gasteiger charge is -2.11. The van der Waals surface area contributed by atoms with Crippen LogP contribution in [0.5, 0.6) is 5.88 Å². The number of aromatic hydroxyl groups is 1. The molecule has 1 amide bonds. The zero-order valence-corrected chi connectivity index (χ0v) is 21.9. The second-order valence-corrected chi connectivity index (χ2v) is 9.68. The van der Waals surface area contributed by atoms with Crippen LogP contribution in [0.3, 0.4) is 0 Å². The first-order valence-corrected chi connectivity index (χ1v) is 12.8. The van der Waals surface area contributed by atoms with E-state index in [1.54, 1.807) is 54.6 Å². The molecule has 0 bridgehead atoms. The molecule has 5 aromatic rings. The number of hydrogen-bond donors (Lipinski definition) is 1. The van der Waals surface area contributed by atoms with E-state index >= 15 is 0 Å². The van der Waals surface area contributed by atoms with Gasteiger partial charge in [0.25, 0.3) is 5.91 Å². The first kappa shape index (κ1) is 24.7. The van der Waals surface area contributed by atoms with Crippen LogP contribution in [0.15, 0.2) is 120 Å². The number of anilines is 1. The number of carbonyl (C=O) groups excluding carboxylic acids is 1. The van der Waals surface area contributed by atoms with Gasteiger partial charge in [0.05, 0.1) is 22.5 Å². The third-order valence-corrected chi connectivity index (χ3v) is 6.80. The van der Waals surface area contributed by atoms with Gasteiger partial charge in [-0.1, -0.05) is 83.9 Å². The highest BCUT2D eigenvalue weighted by molar-refractivity contribution is 6.37. The van der Waals surface area contributed by atoms with Crippen LogP contribution >= 0.6 is 23.2 Å². The Balaban J connectivity index is 1.55. The quantitative estimate of drug-likeness (QED) is 0.232. The maximum atomic E-state index is 13.8. The molecular weight excluding hydrogens is 531 g/mol. The molecule has 1 aliphatic heterocycles. The predicted octanol–water partition coefficient (Wildman–Crippen LogP) is 7.39. The van der Waals surface area contributed by atoms with E-state index in [-0.39, 0.29) is 11.8 Å². The number of halogens is 2. The number of benzene rings is 4. The SMILES string of the molecule is O=C1/C(=C/c2c(-c3ccccc3)nn(-c3ccc(Cl)cc3)c2O)C(c2ccccc2)=NN1c1ccc(Cl)cc1. The first-order valence-electron chi connectivity index (χ1n) is 12.1. The zero-order valence-electron chi connectivity index (χ0n) is 20.4. The van der Waals surface area contributed by atoms with Crippen LogP contribution in [0, 0.1) is 0 Å². The minimum Gasteiger partial charge on any atom is -0.493 e. The van der Waals surface area contributed by atoms with Gasteiger partial charge in [0.2, 0.25) is 5.88 Å². The smallest absolute Gasteiger partial charge is 0.281 e. The number of hydrazone groups is 1. The lowest BCUT2D eigenvalue weighted by molar-refractivity contribution is -0.114. The van der Waals surface area contributed by atoms with Crippen molar-refractivity contribution in [2.75, 3.05) is 5.01 Å². The van der Waals surface area contributed by atoms with Crippen LogP contribution in [0.1, 0.15) is 11.1 Å². The minimum absolute atomic E-state index is 0.117. The summed E-state index contributed by atoms with van der Waals surface area (Å²) in [5.74, 6) is -0.456. The molecule has 1 aliphatic rings. The van der Waals surface area contributed by atoms with Crippen LogP contribution < -0.4 is 5.01 Å². The highest BCUT2D eigenvalue weighted by atomic mass is 35.5. The van der Waals surface area contributed by atoms with E-state index < -0.39 is 0 Å². The molecule has 6 rings (SSSR count). The standard InChI is InChI=1S/C31H20Cl2N4O2/c32-22-11-15-24(16-12-22)36-30(38)26(28(34-36)20-7-3-1-4-8-20)19-27-29(21-9-5-2-6-10-21)35-37(31(27)39)25-17-13-23(33)14-18-25/h1-19,38H/b27-19+. The molecule has 1 N–H and O–H groups in total. The molecule has 6 nitrogen and oxygen atoms in total. The molecule has 190 valence electrons. The summed E-state index contributed by atoms with van der Waals surface area (Å²) in [5.41, 5.74) is 4.45. The number of carbonyl (C=O) groups is 1. The highest BCUT2D eigenvalue weighted by Gasteiger charge is 2.33. The third kappa shape index (κ3) is 4.72. The van der Waals surface area contributed by atoms with Crippen molar-refractivity contribution in [2.45, 2.75) is 0 Å². The van der Waals surface area contributed by atoms with Gasteiger partial charge >= 0.3 is 0 Å². The molecular formula is C31H20Cl2N4O2. The van der Waals surface area contributed by atoms with Gasteiger partial charge in [-0.25, -0.2) is 4.68 Å². The first-order chi connectivity index (χ1) is 19.0. The van der Waals surface area contributed by atoms with Crippen LogP contribution in [0.25, 0.3) is 23.0 Å². The van der Waals surface area contributed by atoms with E-state index in [0.29, 0.717) is 44.0 Å². The molecule has 0 saturated heterocycles. The molecule has 0 saturated carbocycles. The van der Waals surface area contributed by atoms with E-state index in [1.807, 2.05) is 60.7 Å². The molecule has 0 aliphatic carbocycles. The topological polar surface area (TPSA) is 70.7 Å². The number of amides is 1. The lowest BCUT2D eigenvalue weighted by atomic mass is 9.99. The van der Waals surface area contributed by atoms with E-state index in [1.165, 1.54) is 9.69 Å². The number of aromatic nitrogens is 2. The van der Waals surface area contributed by atoms with Gasteiger partial charge in [-0.3, -0.25) is 4.79 Å². The summed E-state index contributed by atoms with van der Waals surface area (Å²) in [6.45, 7) is 0. The van der Waals surface area contributed by atoms with Crippen molar-refractivity contribution >= 4 is 46.6 Å². The fourth-order valence-corrected chi connectivity index (χ4v) is 4.63. The van der Waals surface area contributed by atoms with Gasteiger partial charge in [0, 0.05) is 21.2 Å². The van der Waals surface area contributed by atoms with E-state index in [9.17, 15) is 9.90 Å². The van der Waals surface area contributed by atoms with Gasteiger partial charge in [-0.15, -0.1) is 0 Å². The minimum atomic E-state index is -0.339. The van der Waals surface area contributed by atoms with Crippen LogP contribution in [0.2, 0.25) is 10.0 Å². The summed E-state index contributed by atoms with van der Waals surface area (Å²) >= 11 is 12.2. The molecule has 8 heteroatoms. The molecule has 1 aromatic heterocycles. The average Bonchev–Trinajstić information content (AvgIpc) is 3.47. The third-order valence-electron chi connectivity index (χ3n) is 6.30. The second kappa shape index (κ2) is 10.3. The van der Waals surface area contributed by atoms with Crippen molar-refractivity contribution < 1.29 is 9.90 Å². The van der Waals surface area contributed by atoms with Crippen molar-refractivity contribution in [1.29, 1.82) is 0 Å². The van der Waals surface area contributed by atoms with Crippen molar-refractivity contribution in [2.24, 2.45) is 5.10 Å². The molecule has 39 heavy (non-hydrogen) atoms. The van der Waals surface area contributed by atoms with Gasteiger partial charge in [0.15, 0.2) is 0 Å². The van der Waals surface area contributed by atoms with Gasteiger partial charge in [0.1, 0.15) is 11.4 Å². The van der Waals surface area contributed by atoms with Gasteiger partial charge in [-0.2, -0.15) is 15.2 Å². The molecule has 0 radical (unpaired) electrons. The van der Waals surface area contributed by atoms with Gasteiger partial charge in [-0.05, 0) is 54.6 Å². The average molecular weight is 551 g/mol. The van der Waals surface area contributed by atoms with E-state index in [4.69, 9.17) is 28.3 Å². The van der Waals surface area contributed by atoms with Crippen LogP contribution in [-0.2, 0) is 4.79 Å². The fourth-order valence-electron chi connectivity index (χ4n) is 4.38. The van der Waals surface area contributed by atoms with Crippen LogP contribution in [-0.4, -0.2) is 26.5 Å². The van der Waals surface area contributed by atoms with Crippen molar-refractivity contribution in [1.82, 2.24) is 9.78 Å². The summed E-state index contributed by atoms with van der Waals surface area (Å²) in [6, 6.07) is 32.8. The summed E-state index contributed by atoms with van der Waals surface area (Å²) in [6.07, 6.45) is 1.65. The Morgan fingerprint density at radius 3 is 1.82 bits per heavy atom.